The molecule has 0 aliphatic rings. The first-order valence-electron chi connectivity index (χ1n) is 12.0. The number of sulfonamides is 1. The van der Waals surface area contributed by atoms with E-state index in [1.807, 2.05) is 0 Å². The molecule has 9 heteroatoms. The Labute approximate surface area is 210 Å². The molecule has 190 valence electrons. The summed E-state index contributed by atoms with van der Waals surface area (Å²) in [5, 5.41) is 0. The summed E-state index contributed by atoms with van der Waals surface area (Å²) in [4.78, 5) is 19.9. The lowest BCUT2D eigenvalue weighted by atomic mass is 10.0. The Bertz CT molecular complexity index is 1570. The molecule has 2 aromatic heterocycles. The van der Waals surface area contributed by atoms with Crippen LogP contribution in [-0.2, 0) is 23.0 Å². The smallest absolute Gasteiger partial charge is 0.274 e. The number of fused-ring (bicyclic) bond motifs is 1. The number of nitrogens with zero attached hydrogens (tertiary/aromatic N) is 2. The molecule has 4 rings (SSSR count). The van der Waals surface area contributed by atoms with Crippen molar-refractivity contribution in [3.63, 3.8) is 0 Å². The number of rotatable bonds is 8. The van der Waals surface area contributed by atoms with Gasteiger partial charge in [-0.15, -0.1) is 0 Å². The lowest BCUT2D eigenvalue weighted by molar-refractivity contribution is 0.491. The molecule has 0 saturated carbocycles. The minimum Gasteiger partial charge on any atom is -0.327 e. The van der Waals surface area contributed by atoms with Crippen molar-refractivity contribution in [2.24, 2.45) is 0 Å². The number of H-pyrrole nitrogens is 1. The zero-order valence-electron chi connectivity index (χ0n) is 20.9. The van der Waals surface area contributed by atoms with Crippen molar-refractivity contribution in [3.05, 3.63) is 82.3 Å². The number of hydrogen-bond donors (Lipinski definition) is 2. The van der Waals surface area contributed by atoms with E-state index >= 15 is 4.39 Å². The zero-order chi connectivity index (χ0) is 26.1. The van der Waals surface area contributed by atoms with Crippen molar-refractivity contribution in [3.8, 4) is 11.1 Å². The molecule has 0 bridgehead atoms. The summed E-state index contributed by atoms with van der Waals surface area (Å²) in [5.74, 6) is 0.246. The van der Waals surface area contributed by atoms with Crippen LogP contribution < -0.4 is 10.3 Å². The van der Waals surface area contributed by atoms with Crippen LogP contribution in [0.2, 0.25) is 0 Å². The van der Waals surface area contributed by atoms with Gasteiger partial charge < -0.3 is 9.55 Å². The van der Waals surface area contributed by atoms with Gasteiger partial charge in [-0.25, -0.2) is 22.5 Å². The first-order valence-corrected chi connectivity index (χ1v) is 13.5. The Morgan fingerprint density at radius 2 is 1.86 bits per heavy atom. The quantitative estimate of drug-likeness (QED) is 0.349. The van der Waals surface area contributed by atoms with E-state index in [9.17, 15) is 13.2 Å². The van der Waals surface area contributed by atoms with Crippen molar-refractivity contribution < 1.29 is 12.8 Å². The third-order valence-electron chi connectivity index (χ3n) is 5.81. The minimum atomic E-state index is -3.83. The molecule has 36 heavy (non-hydrogen) atoms. The lowest BCUT2D eigenvalue weighted by Gasteiger charge is -2.21. The predicted octanol–water partition coefficient (Wildman–Crippen LogP) is 5.00. The van der Waals surface area contributed by atoms with Gasteiger partial charge in [0, 0.05) is 29.3 Å². The van der Waals surface area contributed by atoms with Crippen LogP contribution in [0.15, 0.2) is 64.4 Å². The first kappa shape index (κ1) is 25.8. The summed E-state index contributed by atoms with van der Waals surface area (Å²) in [7, 11) is -3.83. The largest absolute Gasteiger partial charge is 0.327 e. The molecule has 7 nitrogen and oxygen atoms in total. The van der Waals surface area contributed by atoms with Crippen molar-refractivity contribution in [2.75, 3.05) is 0 Å². The van der Waals surface area contributed by atoms with E-state index in [2.05, 4.69) is 21.6 Å². The fourth-order valence-electron chi connectivity index (χ4n) is 4.25. The van der Waals surface area contributed by atoms with Crippen molar-refractivity contribution in [1.82, 2.24) is 19.3 Å². The Morgan fingerprint density at radius 3 is 2.56 bits per heavy atom. The number of hydrogen-bond acceptors (Lipinski definition) is 4. The van der Waals surface area contributed by atoms with E-state index in [1.54, 1.807) is 67.9 Å². The van der Waals surface area contributed by atoms with Gasteiger partial charge in [-0.1, -0.05) is 43.7 Å². The predicted molar refractivity (Wildman–Crippen MR) is 140 cm³/mol. The lowest BCUT2D eigenvalue weighted by Crippen LogP contribution is -2.40. The highest BCUT2D eigenvalue weighted by atomic mass is 32.2. The summed E-state index contributed by atoms with van der Waals surface area (Å²) < 4.78 is 45.9. The van der Waals surface area contributed by atoms with Gasteiger partial charge in [-0.3, -0.25) is 4.79 Å². The number of aryl methyl sites for hydroxylation is 1. The van der Waals surface area contributed by atoms with Gasteiger partial charge in [0.15, 0.2) is 0 Å². The summed E-state index contributed by atoms with van der Waals surface area (Å²) >= 11 is 0. The number of nitrogens with one attached hydrogen (secondary N) is 2. The number of halogens is 1. The van der Waals surface area contributed by atoms with Crippen LogP contribution >= 0.6 is 0 Å². The molecule has 2 N–H and O–H groups in total. The number of unbranched alkanes of at least 4 members (excludes halogenated alkanes) is 1. The van der Waals surface area contributed by atoms with Crippen LogP contribution in [0.4, 0.5) is 4.39 Å². The normalized spacial score (nSPS) is 12.4. The maximum atomic E-state index is 15.4. The van der Waals surface area contributed by atoms with Crippen LogP contribution in [0.25, 0.3) is 22.2 Å². The van der Waals surface area contributed by atoms with Gasteiger partial charge in [0.25, 0.3) is 5.56 Å². The van der Waals surface area contributed by atoms with Crippen LogP contribution in [0.1, 0.15) is 51.9 Å². The Morgan fingerprint density at radius 1 is 1.11 bits per heavy atom. The molecule has 0 radical (unpaired) electrons. The van der Waals surface area contributed by atoms with Crippen LogP contribution in [0.5, 0.6) is 0 Å². The topological polar surface area (TPSA) is 96.8 Å². The molecule has 0 aliphatic heterocycles. The van der Waals surface area contributed by atoms with Crippen molar-refractivity contribution >= 4 is 21.1 Å². The molecule has 4 aromatic rings. The fourth-order valence-corrected chi connectivity index (χ4v) is 5.90. The Hall–Kier alpha value is -3.30. The summed E-state index contributed by atoms with van der Waals surface area (Å²) in [6.45, 7) is 7.51. The molecule has 0 unspecified atom stereocenters. The molecular formula is C27H31FN4O3S. The highest BCUT2D eigenvalue weighted by Crippen LogP contribution is 2.30. The second kappa shape index (κ2) is 9.99. The highest BCUT2D eigenvalue weighted by Gasteiger charge is 2.25. The zero-order valence-corrected chi connectivity index (χ0v) is 21.7. The van der Waals surface area contributed by atoms with Gasteiger partial charge in [-0.2, -0.15) is 0 Å². The van der Waals surface area contributed by atoms with E-state index < -0.39 is 21.4 Å². The Kier molecular flexibility index (Phi) is 7.15. The molecule has 0 aliphatic carbocycles. The summed E-state index contributed by atoms with van der Waals surface area (Å²) in [5.41, 5.74) is 1.29. The van der Waals surface area contributed by atoms with Crippen molar-refractivity contribution in [2.45, 2.75) is 63.9 Å². The van der Waals surface area contributed by atoms with E-state index in [4.69, 9.17) is 0 Å². The molecule has 2 heterocycles. The molecular weight excluding hydrogens is 479 g/mol. The van der Waals surface area contributed by atoms with E-state index in [0.29, 0.717) is 34.1 Å². The number of aromatic nitrogens is 3. The molecule has 2 aromatic carbocycles. The monoisotopic (exact) mass is 510 g/mol. The first-order chi connectivity index (χ1) is 17.0. The Balaban J connectivity index is 1.74. The second-order valence-electron chi connectivity index (χ2n) is 9.92. The van der Waals surface area contributed by atoms with E-state index in [0.717, 1.165) is 18.7 Å². The number of pyridine rings is 1. The molecule has 0 atom stereocenters. The molecule has 0 saturated heterocycles. The third kappa shape index (κ3) is 5.42. The molecule has 0 spiro atoms. The van der Waals surface area contributed by atoms with E-state index in [1.165, 1.54) is 12.1 Å². The van der Waals surface area contributed by atoms with Gasteiger partial charge >= 0.3 is 0 Å². The second-order valence-corrected chi connectivity index (χ2v) is 11.6. The maximum Gasteiger partial charge on any atom is 0.274 e. The fraction of sp³-hybridized carbons (Fsp3) is 0.333. The summed E-state index contributed by atoms with van der Waals surface area (Å²) in [6.07, 6.45) is 4.10. The third-order valence-corrected chi connectivity index (χ3v) is 7.62. The van der Waals surface area contributed by atoms with Gasteiger partial charge in [-0.05, 0) is 51.0 Å². The highest BCUT2D eigenvalue weighted by molar-refractivity contribution is 7.89. The van der Waals surface area contributed by atoms with Crippen molar-refractivity contribution in [1.29, 1.82) is 0 Å². The van der Waals surface area contributed by atoms with Crippen LogP contribution in [0.3, 0.4) is 0 Å². The maximum absolute atomic E-state index is 15.4. The van der Waals surface area contributed by atoms with Gasteiger partial charge in [0.05, 0.1) is 17.0 Å². The molecule has 0 amide bonds. The SMILES string of the molecule is CCCCc1nc2cc[nH]c(=O)c2n1Cc1ccc(-c2ccccc2S(=O)(=O)NC(C)(C)C)cc1F. The summed E-state index contributed by atoms with van der Waals surface area (Å²) in [6, 6.07) is 13.0. The number of aromatic amines is 1. The molecule has 0 fully saturated rings. The van der Waals surface area contributed by atoms with E-state index in [-0.39, 0.29) is 17.0 Å². The number of imidazole rings is 1. The van der Waals surface area contributed by atoms with Gasteiger partial charge in [0.2, 0.25) is 10.0 Å². The standard InChI is InChI=1S/C27H31FN4O3S/c1-5-6-11-24-30-22-14-15-29-26(33)25(22)32(24)17-19-13-12-18(16-21(19)28)20-9-7-8-10-23(20)36(34,35)31-27(2,3)4/h7-10,12-16,31H,5-6,11,17H2,1-4H3,(H,29,33). The van der Waals surface area contributed by atoms with Crippen LogP contribution in [-0.4, -0.2) is 28.5 Å². The number of benzene rings is 2. The average molecular weight is 511 g/mol. The van der Waals surface area contributed by atoms with Crippen LogP contribution in [0, 0.1) is 5.82 Å². The average Bonchev–Trinajstić information content (AvgIpc) is 3.16. The minimum absolute atomic E-state index is 0.0843. The van der Waals surface area contributed by atoms with Gasteiger partial charge in [0.1, 0.15) is 17.2 Å².